The number of rotatable bonds is 3. The maximum Gasteiger partial charge on any atom is 0.323 e. The molecule has 0 bridgehead atoms. The van der Waals surface area contributed by atoms with Gasteiger partial charge < -0.3 is 9.72 Å². The van der Waals surface area contributed by atoms with Gasteiger partial charge in [-0.25, -0.2) is 0 Å². The van der Waals surface area contributed by atoms with E-state index in [0.29, 0.717) is 6.42 Å². The van der Waals surface area contributed by atoms with Crippen molar-refractivity contribution in [1.82, 2.24) is 10.3 Å². The van der Waals surface area contributed by atoms with Crippen molar-refractivity contribution in [2.24, 2.45) is 0 Å². The zero-order chi connectivity index (χ0) is 19.8. The Morgan fingerprint density at radius 1 is 0.897 bits per heavy atom. The number of aromatic amines is 1. The first kappa shape index (κ1) is 17.7. The quantitative estimate of drug-likeness (QED) is 0.509. The van der Waals surface area contributed by atoms with Gasteiger partial charge in [0.25, 0.3) is 0 Å². The molecule has 3 aromatic carbocycles. The van der Waals surface area contributed by atoms with Crippen molar-refractivity contribution in [3.05, 3.63) is 95.7 Å². The van der Waals surface area contributed by atoms with Gasteiger partial charge in [-0.2, -0.15) is 0 Å². The Balaban J connectivity index is 1.57. The van der Waals surface area contributed by atoms with Crippen LogP contribution in [0.15, 0.2) is 78.9 Å². The molecule has 144 valence electrons. The number of aromatic nitrogens is 1. The molecule has 4 nitrogen and oxygen atoms in total. The maximum absolute atomic E-state index is 12.4. The summed E-state index contributed by atoms with van der Waals surface area (Å²) in [7, 11) is 1.44. The van der Waals surface area contributed by atoms with Crippen molar-refractivity contribution < 1.29 is 9.53 Å². The van der Waals surface area contributed by atoms with Crippen LogP contribution in [-0.2, 0) is 16.0 Å². The van der Waals surface area contributed by atoms with Gasteiger partial charge in [0.05, 0.1) is 13.2 Å². The molecule has 4 aromatic rings. The lowest BCUT2D eigenvalue weighted by Crippen LogP contribution is -2.45. The zero-order valence-corrected chi connectivity index (χ0v) is 16.2. The van der Waals surface area contributed by atoms with Crippen LogP contribution in [-0.4, -0.2) is 24.1 Å². The molecular formula is C25H22N2O2. The lowest BCUT2D eigenvalue weighted by atomic mass is 9.89. The lowest BCUT2D eigenvalue weighted by Gasteiger charge is -2.30. The van der Waals surface area contributed by atoms with Crippen LogP contribution in [0.25, 0.3) is 22.0 Å². The van der Waals surface area contributed by atoms with Crippen molar-refractivity contribution in [3.63, 3.8) is 0 Å². The van der Waals surface area contributed by atoms with Gasteiger partial charge >= 0.3 is 5.97 Å². The molecule has 1 aliphatic rings. The highest BCUT2D eigenvalue weighted by molar-refractivity contribution is 5.87. The number of ether oxygens (including phenoxy) is 1. The van der Waals surface area contributed by atoms with Gasteiger partial charge in [0, 0.05) is 23.0 Å². The summed E-state index contributed by atoms with van der Waals surface area (Å²) in [6.45, 7) is 0. The van der Waals surface area contributed by atoms with Crippen molar-refractivity contribution >= 4 is 16.9 Å². The second-order valence-electron chi connectivity index (χ2n) is 7.43. The Labute approximate surface area is 169 Å². The number of fused-ring (bicyclic) bond motifs is 3. The molecule has 2 N–H and O–H groups in total. The number of benzene rings is 3. The van der Waals surface area contributed by atoms with E-state index < -0.39 is 0 Å². The summed E-state index contributed by atoms with van der Waals surface area (Å²) in [5.74, 6) is -0.230. The smallest absolute Gasteiger partial charge is 0.323 e. The monoisotopic (exact) mass is 382 g/mol. The molecule has 0 aliphatic carbocycles. The third-order valence-electron chi connectivity index (χ3n) is 5.75. The van der Waals surface area contributed by atoms with Crippen molar-refractivity contribution in [1.29, 1.82) is 0 Å². The zero-order valence-electron chi connectivity index (χ0n) is 16.2. The summed E-state index contributed by atoms with van der Waals surface area (Å²) in [4.78, 5) is 15.9. The predicted octanol–water partition coefficient (Wildman–Crippen LogP) is 4.61. The molecule has 5 rings (SSSR count). The molecule has 0 saturated heterocycles. The molecule has 0 spiro atoms. The standard InChI is InChI=1S/C25H22N2O2/c1-29-25(28)22-15-20-19-9-5-6-10-21(19)26-24(20)23(27-22)18-13-11-17(12-14-18)16-7-3-2-4-8-16/h2-14,22-23,26-27H,15H2,1H3/t22-,23+/m0/s1. The third-order valence-corrected chi connectivity index (χ3v) is 5.75. The molecular weight excluding hydrogens is 360 g/mol. The lowest BCUT2D eigenvalue weighted by molar-refractivity contribution is -0.143. The topological polar surface area (TPSA) is 54.1 Å². The van der Waals surface area contributed by atoms with Gasteiger partial charge in [-0.15, -0.1) is 0 Å². The van der Waals surface area contributed by atoms with Crippen LogP contribution in [0.5, 0.6) is 0 Å². The minimum atomic E-state index is -0.370. The molecule has 0 radical (unpaired) electrons. The Kier molecular flexibility index (Phi) is 4.41. The molecule has 0 unspecified atom stereocenters. The van der Waals surface area contributed by atoms with Crippen LogP contribution in [0.4, 0.5) is 0 Å². The molecule has 0 fully saturated rings. The van der Waals surface area contributed by atoms with Crippen LogP contribution in [0.1, 0.15) is 22.9 Å². The van der Waals surface area contributed by atoms with Crippen LogP contribution in [0.2, 0.25) is 0 Å². The Morgan fingerprint density at radius 2 is 1.59 bits per heavy atom. The first-order chi connectivity index (χ1) is 14.2. The molecule has 4 heteroatoms. The van der Waals surface area contributed by atoms with Gasteiger partial charge in [0.1, 0.15) is 6.04 Å². The van der Waals surface area contributed by atoms with E-state index in [-0.39, 0.29) is 18.1 Å². The average Bonchev–Trinajstić information content (AvgIpc) is 3.17. The van der Waals surface area contributed by atoms with E-state index in [4.69, 9.17) is 4.74 Å². The Morgan fingerprint density at radius 3 is 2.34 bits per heavy atom. The third kappa shape index (κ3) is 3.12. The summed E-state index contributed by atoms with van der Waals surface area (Å²) in [5.41, 5.74) is 6.88. The minimum absolute atomic E-state index is 0.0972. The largest absolute Gasteiger partial charge is 0.468 e. The first-order valence-corrected chi connectivity index (χ1v) is 9.83. The molecule has 1 aliphatic heterocycles. The molecule has 0 saturated carbocycles. The maximum atomic E-state index is 12.4. The summed E-state index contributed by atoms with van der Waals surface area (Å²) in [5, 5.41) is 4.66. The fraction of sp³-hybridized carbons (Fsp3) is 0.160. The van der Waals surface area contributed by atoms with Gasteiger partial charge in [0.2, 0.25) is 0 Å². The highest BCUT2D eigenvalue weighted by Crippen LogP contribution is 2.36. The van der Waals surface area contributed by atoms with E-state index >= 15 is 0 Å². The minimum Gasteiger partial charge on any atom is -0.468 e. The van der Waals surface area contributed by atoms with Crippen molar-refractivity contribution in [2.45, 2.75) is 18.5 Å². The SMILES string of the molecule is COC(=O)[C@@H]1Cc2c([nH]c3ccccc23)[C@@H](c2ccc(-c3ccccc3)cc2)N1. The number of methoxy groups -OCH3 is 1. The van der Waals surface area contributed by atoms with E-state index in [9.17, 15) is 4.79 Å². The first-order valence-electron chi connectivity index (χ1n) is 9.83. The summed E-state index contributed by atoms with van der Waals surface area (Å²) >= 11 is 0. The van der Waals surface area contributed by atoms with Crippen LogP contribution < -0.4 is 5.32 Å². The van der Waals surface area contributed by atoms with Gasteiger partial charge in [-0.05, 0) is 28.3 Å². The van der Waals surface area contributed by atoms with E-state index in [1.54, 1.807) is 0 Å². The van der Waals surface area contributed by atoms with Crippen molar-refractivity contribution in [2.75, 3.05) is 7.11 Å². The van der Waals surface area contributed by atoms with Crippen molar-refractivity contribution in [3.8, 4) is 11.1 Å². The van der Waals surface area contributed by atoms with Crippen LogP contribution in [0.3, 0.4) is 0 Å². The van der Waals surface area contributed by atoms with E-state index in [1.807, 2.05) is 30.3 Å². The number of para-hydroxylation sites is 1. The van der Waals surface area contributed by atoms with Crippen LogP contribution in [0, 0.1) is 0 Å². The summed E-state index contributed by atoms with van der Waals surface area (Å²) < 4.78 is 5.04. The Bertz CT molecular complexity index is 1160. The highest BCUT2D eigenvalue weighted by atomic mass is 16.5. The number of hydrogen-bond donors (Lipinski definition) is 2. The second kappa shape index (κ2) is 7.22. The number of nitrogens with one attached hydrogen (secondary N) is 2. The fourth-order valence-electron chi connectivity index (χ4n) is 4.29. The summed E-state index contributed by atoms with van der Waals surface area (Å²) in [6.07, 6.45) is 0.616. The molecule has 1 aromatic heterocycles. The van der Waals surface area contributed by atoms with Gasteiger partial charge in [0.15, 0.2) is 0 Å². The normalized spacial score (nSPS) is 18.4. The number of carbonyl (C=O) groups is 1. The predicted molar refractivity (Wildman–Crippen MR) is 115 cm³/mol. The number of carbonyl (C=O) groups excluding carboxylic acids is 1. The highest BCUT2D eigenvalue weighted by Gasteiger charge is 2.34. The number of hydrogen-bond acceptors (Lipinski definition) is 3. The Hall–Kier alpha value is -3.37. The van der Waals surface area contributed by atoms with Gasteiger partial charge in [-0.1, -0.05) is 72.8 Å². The molecule has 2 heterocycles. The van der Waals surface area contributed by atoms with E-state index in [2.05, 4.69) is 58.8 Å². The number of esters is 1. The molecule has 0 amide bonds. The fourth-order valence-corrected chi connectivity index (χ4v) is 4.29. The van der Waals surface area contributed by atoms with Gasteiger partial charge in [-0.3, -0.25) is 10.1 Å². The average molecular weight is 382 g/mol. The summed E-state index contributed by atoms with van der Waals surface area (Å²) in [6, 6.07) is 26.7. The van der Waals surface area contributed by atoms with E-state index in [1.165, 1.54) is 29.2 Å². The van der Waals surface area contributed by atoms with E-state index in [0.717, 1.165) is 16.8 Å². The second-order valence-corrected chi connectivity index (χ2v) is 7.43. The molecule has 29 heavy (non-hydrogen) atoms. The molecule has 2 atom stereocenters. The van der Waals surface area contributed by atoms with Crippen LogP contribution >= 0.6 is 0 Å². The number of H-pyrrole nitrogens is 1.